The fourth-order valence-electron chi connectivity index (χ4n) is 2.27. The molecule has 11 heteroatoms. The number of hydrogen-bond donors (Lipinski definition) is 2. The molecule has 0 atom stereocenters. The first-order valence-electron chi connectivity index (χ1n) is 7.43. The van der Waals surface area contributed by atoms with Crippen molar-refractivity contribution in [2.24, 2.45) is 0 Å². The van der Waals surface area contributed by atoms with Crippen LogP contribution in [0.2, 0.25) is 5.02 Å². The highest BCUT2D eigenvalue weighted by Gasteiger charge is 2.15. The lowest BCUT2D eigenvalue weighted by atomic mass is 10.3. The van der Waals surface area contributed by atoms with Gasteiger partial charge >= 0.3 is 5.69 Å². The Kier molecular flexibility index (Phi) is 4.87. The van der Waals surface area contributed by atoms with Gasteiger partial charge in [0.15, 0.2) is 5.69 Å². The van der Waals surface area contributed by atoms with Crippen LogP contribution < -0.4 is 16.6 Å². The number of rotatable bonds is 4. The number of para-hydroxylation sites is 1. The van der Waals surface area contributed by atoms with Crippen molar-refractivity contribution in [3.8, 4) is 11.8 Å². The summed E-state index contributed by atoms with van der Waals surface area (Å²) in [4.78, 5) is 36.7. The molecule has 27 heavy (non-hydrogen) atoms. The van der Waals surface area contributed by atoms with Gasteiger partial charge in [0, 0.05) is 6.07 Å². The second-order valence-corrected chi connectivity index (χ2v) is 5.71. The number of carbonyl (C=O) groups excluding carboxylic acids is 1. The minimum absolute atomic E-state index is 0.0254. The monoisotopic (exact) mass is 388 g/mol. The number of halogens is 2. The van der Waals surface area contributed by atoms with Crippen molar-refractivity contribution in [2.45, 2.75) is 6.54 Å². The molecule has 0 radical (unpaired) electrons. The number of anilines is 1. The van der Waals surface area contributed by atoms with Gasteiger partial charge < -0.3 is 5.32 Å². The Hall–Kier alpha value is -3.71. The highest BCUT2D eigenvalue weighted by Crippen LogP contribution is 2.24. The maximum atomic E-state index is 13.3. The van der Waals surface area contributed by atoms with Crippen LogP contribution in [0.5, 0.6) is 0 Å². The van der Waals surface area contributed by atoms with Crippen LogP contribution >= 0.6 is 11.6 Å². The van der Waals surface area contributed by atoms with E-state index in [1.165, 1.54) is 10.7 Å². The molecule has 136 valence electrons. The largest absolute Gasteiger partial charge is 0.328 e. The molecule has 0 spiro atoms. The molecule has 0 aliphatic carbocycles. The zero-order chi connectivity index (χ0) is 19.6. The second kappa shape index (κ2) is 7.27. The Morgan fingerprint density at radius 2 is 2.11 bits per heavy atom. The fourth-order valence-corrected chi connectivity index (χ4v) is 2.48. The Labute approximate surface area is 155 Å². The maximum absolute atomic E-state index is 13.3. The van der Waals surface area contributed by atoms with Crippen molar-refractivity contribution < 1.29 is 9.18 Å². The van der Waals surface area contributed by atoms with Gasteiger partial charge in [0.2, 0.25) is 11.7 Å². The van der Waals surface area contributed by atoms with Gasteiger partial charge in [-0.05, 0) is 12.1 Å². The summed E-state index contributed by atoms with van der Waals surface area (Å²) in [5.41, 5.74) is -1.67. The summed E-state index contributed by atoms with van der Waals surface area (Å²) in [6.07, 6.45) is 0.632. The summed E-state index contributed by atoms with van der Waals surface area (Å²) >= 11 is 6.13. The third-order valence-electron chi connectivity index (χ3n) is 3.45. The lowest BCUT2D eigenvalue weighted by molar-refractivity contribution is -0.116. The number of nitrogens with one attached hydrogen (secondary N) is 2. The fraction of sp³-hybridized carbons (Fsp3) is 0.0625. The minimum atomic E-state index is -1.20. The van der Waals surface area contributed by atoms with E-state index in [0.29, 0.717) is 21.5 Å². The van der Waals surface area contributed by atoms with Crippen molar-refractivity contribution in [1.29, 1.82) is 5.26 Å². The van der Waals surface area contributed by atoms with E-state index in [0.717, 1.165) is 0 Å². The molecule has 2 aromatic heterocycles. The first kappa shape index (κ1) is 18.1. The van der Waals surface area contributed by atoms with Gasteiger partial charge in [-0.25, -0.2) is 9.48 Å². The zero-order valence-corrected chi connectivity index (χ0v) is 14.2. The SMILES string of the molecule is N#Cc1cc(NC(=O)Cn2cc(F)c(=O)[nH]c2=O)n(-c2ccccc2Cl)n1. The van der Waals surface area contributed by atoms with Gasteiger partial charge in [-0.2, -0.15) is 14.8 Å². The lowest BCUT2D eigenvalue weighted by Crippen LogP contribution is -2.34. The molecule has 0 aliphatic rings. The predicted molar refractivity (Wildman–Crippen MR) is 93.2 cm³/mol. The summed E-state index contributed by atoms with van der Waals surface area (Å²) in [6.45, 7) is -0.567. The number of nitriles is 1. The zero-order valence-electron chi connectivity index (χ0n) is 13.4. The molecule has 0 saturated carbocycles. The van der Waals surface area contributed by atoms with E-state index in [9.17, 15) is 18.8 Å². The van der Waals surface area contributed by atoms with Crippen LogP contribution in [-0.2, 0) is 11.3 Å². The molecule has 0 aliphatic heterocycles. The minimum Gasteiger partial charge on any atom is -0.309 e. The average molecular weight is 389 g/mol. The number of hydrogen-bond acceptors (Lipinski definition) is 5. The number of aromatic nitrogens is 4. The third kappa shape index (κ3) is 3.78. The number of aromatic amines is 1. The van der Waals surface area contributed by atoms with Crippen molar-refractivity contribution >= 4 is 23.3 Å². The van der Waals surface area contributed by atoms with Crippen molar-refractivity contribution in [3.63, 3.8) is 0 Å². The van der Waals surface area contributed by atoms with E-state index in [-0.39, 0.29) is 11.5 Å². The molecular weight excluding hydrogens is 379 g/mol. The van der Waals surface area contributed by atoms with Crippen LogP contribution in [0, 0.1) is 17.1 Å². The smallest absolute Gasteiger partial charge is 0.309 e. The number of amides is 1. The highest BCUT2D eigenvalue weighted by molar-refractivity contribution is 6.32. The molecule has 3 rings (SSSR count). The maximum Gasteiger partial charge on any atom is 0.328 e. The Balaban J connectivity index is 1.91. The van der Waals surface area contributed by atoms with E-state index < -0.39 is 29.5 Å². The molecule has 1 aromatic carbocycles. The first-order valence-corrected chi connectivity index (χ1v) is 7.81. The summed E-state index contributed by atoms with van der Waals surface area (Å²) in [5.74, 6) is -1.78. The van der Waals surface area contributed by atoms with Crippen LogP contribution in [0.4, 0.5) is 10.2 Å². The van der Waals surface area contributed by atoms with Gasteiger partial charge in [0.1, 0.15) is 18.4 Å². The summed E-state index contributed by atoms with van der Waals surface area (Å²) in [6, 6.07) is 9.81. The Morgan fingerprint density at radius 3 is 2.81 bits per heavy atom. The van der Waals surface area contributed by atoms with Crippen LogP contribution in [0.15, 0.2) is 46.1 Å². The van der Waals surface area contributed by atoms with Crippen LogP contribution in [0.25, 0.3) is 5.69 Å². The van der Waals surface area contributed by atoms with E-state index in [2.05, 4.69) is 10.4 Å². The van der Waals surface area contributed by atoms with Gasteiger partial charge in [-0.3, -0.25) is 19.1 Å². The summed E-state index contributed by atoms with van der Waals surface area (Å²) in [7, 11) is 0. The summed E-state index contributed by atoms with van der Waals surface area (Å²) < 4.78 is 15.3. The quantitative estimate of drug-likeness (QED) is 0.690. The number of benzene rings is 1. The molecular formula is C16H10ClFN6O3. The van der Waals surface area contributed by atoms with Gasteiger partial charge in [0.05, 0.1) is 16.9 Å². The molecule has 2 heterocycles. The molecule has 0 saturated heterocycles. The van der Waals surface area contributed by atoms with Crippen LogP contribution in [-0.4, -0.2) is 25.2 Å². The van der Waals surface area contributed by atoms with Crippen LogP contribution in [0.3, 0.4) is 0 Å². The topological polar surface area (TPSA) is 126 Å². The number of nitrogens with zero attached hydrogens (tertiary/aromatic N) is 4. The number of H-pyrrole nitrogens is 1. The van der Waals surface area contributed by atoms with Crippen molar-refractivity contribution in [1.82, 2.24) is 19.3 Å². The Morgan fingerprint density at radius 1 is 1.37 bits per heavy atom. The van der Waals surface area contributed by atoms with E-state index >= 15 is 0 Å². The molecule has 3 aromatic rings. The molecule has 0 bridgehead atoms. The van der Waals surface area contributed by atoms with Crippen molar-refractivity contribution in [2.75, 3.05) is 5.32 Å². The normalized spacial score (nSPS) is 10.4. The van der Waals surface area contributed by atoms with Gasteiger partial charge in [0.25, 0.3) is 5.56 Å². The number of carbonyl (C=O) groups is 1. The van der Waals surface area contributed by atoms with Gasteiger partial charge in [-0.15, -0.1) is 0 Å². The van der Waals surface area contributed by atoms with Gasteiger partial charge in [-0.1, -0.05) is 23.7 Å². The average Bonchev–Trinajstić information content (AvgIpc) is 3.02. The molecule has 1 amide bonds. The lowest BCUT2D eigenvalue weighted by Gasteiger charge is -2.10. The molecule has 0 unspecified atom stereocenters. The highest BCUT2D eigenvalue weighted by atomic mass is 35.5. The van der Waals surface area contributed by atoms with Crippen molar-refractivity contribution in [3.05, 3.63) is 73.9 Å². The standard InChI is InChI=1S/C16H10ClFN6O3/c17-10-3-1-2-4-12(10)24-13(5-9(6-19)22-24)20-14(25)8-23-7-11(18)15(26)21-16(23)27/h1-5,7H,8H2,(H,20,25)(H,21,26,27). The second-order valence-electron chi connectivity index (χ2n) is 5.30. The third-order valence-corrected chi connectivity index (χ3v) is 3.77. The van der Waals surface area contributed by atoms with Crippen LogP contribution in [0.1, 0.15) is 5.69 Å². The predicted octanol–water partition coefficient (Wildman–Crippen LogP) is 1.03. The Bertz CT molecular complexity index is 1190. The first-order chi connectivity index (χ1) is 12.9. The van der Waals surface area contributed by atoms with E-state index in [1.54, 1.807) is 29.2 Å². The molecule has 9 nitrogen and oxygen atoms in total. The summed E-state index contributed by atoms with van der Waals surface area (Å²) in [5, 5.41) is 15.9. The van der Waals surface area contributed by atoms with E-state index in [4.69, 9.17) is 16.9 Å². The molecule has 0 fully saturated rings. The molecule has 2 N–H and O–H groups in total. The van der Waals surface area contributed by atoms with E-state index in [1.807, 2.05) is 6.07 Å².